The zero-order valence-electron chi connectivity index (χ0n) is 16.0. The zero-order chi connectivity index (χ0) is 21.7. The molecule has 2 fully saturated rings. The van der Waals surface area contributed by atoms with Crippen LogP contribution in [-0.2, 0) is 14.4 Å². The first-order chi connectivity index (χ1) is 15.0. The fourth-order valence-corrected chi connectivity index (χ4v) is 4.44. The van der Waals surface area contributed by atoms with Crippen LogP contribution < -0.4 is 9.96 Å². The molecule has 0 radical (unpaired) electrons. The van der Waals surface area contributed by atoms with Crippen LogP contribution in [0.25, 0.3) is 0 Å². The molecule has 0 aromatic heterocycles. The van der Waals surface area contributed by atoms with Gasteiger partial charge in [-0.3, -0.25) is 14.4 Å². The Bertz CT molecular complexity index is 1190. The molecule has 2 aliphatic heterocycles. The van der Waals surface area contributed by atoms with E-state index < -0.39 is 29.9 Å². The molecule has 2 aliphatic rings. The van der Waals surface area contributed by atoms with Crippen molar-refractivity contribution < 1.29 is 19.5 Å². The molecule has 8 heteroatoms. The van der Waals surface area contributed by atoms with E-state index in [0.717, 1.165) is 4.90 Å². The molecule has 0 spiro atoms. The van der Waals surface area contributed by atoms with Crippen LogP contribution in [0.2, 0.25) is 10.0 Å². The van der Waals surface area contributed by atoms with Gasteiger partial charge in [-0.15, -0.1) is 0 Å². The van der Waals surface area contributed by atoms with Crippen LogP contribution in [0.3, 0.4) is 0 Å². The number of fused-ring (bicyclic) bond motifs is 1. The summed E-state index contributed by atoms with van der Waals surface area (Å²) in [5, 5.41) is 12.6. The molecule has 156 valence electrons. The lowest BCUT2D eigenvalue weighted by Gasteiger charge is -2.29. The average Bonchev–Trinajstić information content (AvgIpc) is 3.27. The minimum Gasteiger partial charge on any atom is -0.508 e. The van der Waals surface area contributed by atoms with Crippen molar-refractivity contribution in [1.29, 1.82) is 0 Å². The second-order valence-electron chi connectivity index (χ2n) is 7.33. The van der Waals surface area contributed by atoms with Gasteiger partial charge in [0.15, 0.2) is 6.10 Å². The smallest absolute Gasteiger partial charge is 0.266 e. The van der Waals surface area contributed by atoms with Crippen molar-refractivity contribution in [3.05, 3.63) is 88.4 Å². The van der Waals surface area contributed by atoms with E-state index >= 15 is 0 Å². The number of nitrogens with zero attached hydrogens (tertiary/aromatic N) is 2. The number of phenols is 1. The highest BCUT2D eigenvalue weighted by Gasteiger charge is 2.60. The number of imide groups is 1. The number of hydrogen-bond acceptors (Lipinski definition) is 5. The number of para-hydroxylation sites is 2. The summed E-state index contributed by atoms with van der Waals surface area (Å²) in [6.07, 6.45) is -1.04. The van der Waals surface area contributed by atoms with Crippen molar-refractivity contribution in [1.82, 2.24) is 0 Å². The molecule has 3 atom stereocenters. The topological polar surface area (TPSA) is 70.1 Å². The predicted molar refractivity (Wildman–Crippen MR) is 117 cm³/mol. The van der Waals surface area contributed by atoms with Crippen LogP contribution in [-0.4, -0.2) is 23.0 Å². The Balaban J connectivity index is 1.60. The molecular formula is C23H16Cl2N2O4. The Morgan fingerprint density at radius 2 is 1.52 bits per heavy atom. The van der Waals surface area contributed by atoms with Gasteiger partial charge in [-0.05, 0) is 36.4 Å². The van der Waals surface area contributed by atoms with Crippen LogP contribution in [0.4, 0.5) is 11.4 Å². The van der Waals surface area contributed by atoms with E-state index in [0.29, 0.717) is 22.0 Å². The van der Waals surface area contributed by atoms with E-state index in [1.165, 1.54) is 17.2 Å². The Labute approximate surface area is 188 Å². The number of amides is 2. The third kappa shape index (κ3) is 3.15. The number of phenolic OH excluding ortho intramolecular Hbond substituents is 1. The lowest BCUT2D eigenvalue weighted by atomic mass is 9.90. The lowest BCUT2D eigenvalue weighted by Crippen LogP contribution is -2.37. The number of hydrogen-bond donors (Lipinski definition) is 1. The fraction of sp³-hybridized carbons (Fsp3) is 0.130. The minimum absolute atomic E-state index is 0.0194. The third-order valence-corrected chi connectivity index (χ3v) is 6.28. The van der Waals surface area contributed by atoms with E-state index in [9.17, 15) is 14.7 Å². The van der Waals surface area contributed by atoms with Crippen molar-refractivity contribution in [3.63, 3.8) is 0 Å². The second-order valence-corrected chi connectivity index (χ2v) is 8.14. The summed E-state index contributed by atoms with van der Waals surface area (Å²) >= 11 is 12.1. The summed E-state index contributed by atoms with van der Waals surface area (Å²) in [5.74, 6) is -1.76. The number of carbonyl (C=O) groups excluding carboxylic acids is 2. The van der Waals surface area contributed by atoms with Gasteiger partial charge in [0.2, 0.25) is 5.91 Å². The summed E-state index contributed by atoms with van der Waals surface area (Å²) in [4.78, 5) is 33.9. The molecule has 1 N–H and O–H groups in total. The normalized spacial score (nSPS) is 22.8. The molecule has 2 saturated heterocycles. The van der Waals surface area contributed by atoms with Gasteiger partial charge in [0, 0.05) is 5.56 Å². The van der Waals surface area contributed by atoms with Crippen molar-refractivity contribution in [2.45, 2.75) is 12.1 Å². The number of benzene rings is 3. The Morgan fingerprint density at radius 1 is 0.806 bits per heavy atom. The molecule has 5 rings (SSSR count). The molecule has 3 aromatic carbocycles. The van der Waals surface area contributed by atoms with Crippen LogP contribution in [0.15, 0.2) is 72.8 Å². The molecule has 0 saturated carbocycles. The molecular weight excluding hydrogens is 439 g/mol. The van der Waals surface area contributed by atoms with Gasteiger partial charge in [0.25, 0.3) is 5.91 Å². The van der Waals surface area contributed by atoms with E-state index in [2.05, 4.69) is 0 Å². The molecule has 2 amide bonds. The summed E-state index contributed by atoms with van der Waals surface area (Å²) in [7, 11) is 0. The Kier molecular flexibility index (Phi) is 4.85. The molecule has 2 heterocycles. The average molecular weight is 455 g/mol. The summed E-state index contributed by atoms with van der Waals surface area (Å²) in [6, 6.07) is 19.8. The first kappa shape index (κ1) is 19.9. The van der Waals surface area contributed by atoms with Crippen LogP contribution in [0, 0.1) is 5.92 Å². The number of anilines is 2. The lowest BCUT2D eigenvalue weighted by molar-refractivity contribution is -0.126. The highest BCUT2D eigenvalue weighted by molar-refractivity contribution is 6.42. The van der Waals surface area contributed by atoms with Crippen molar-refractivity contribution in [2.75, 3.05) is 9.96 Å². The third-order valence-electron chi connectivity index (χ3n) is 5.54. The zero-order valence-corrected chi connectivity index (χ0v) is 17.5. The summed E-state index contributed by atoms with van der Waals surface area (Å²) < 4.78 is 0. The number of aromatic hydroxyl groups is 1. The highest BCUT2D eigenvalue weighted by Crippen LogP contribution is 2.49. The van der Waals surface area contributed by atoms with E-state index in [4.69, 9.17) is 28.0 Å². The van der Waals surface area contributed by atoms with Crippen molar-refractivity contribution >= 4 is 46.4 Å². The number of halogens is 2. The maximum absolute atomic E-state index is 13.5. The maximum Gasteiger partial charge on any atom is 0.266 e. The second kappa shape index (κ2) is 7.57. The van der Waals surface area contributed by atoms with Gasteiger partial charge in [0.1, 0.15) is 11.7 Å². The van der Waals surface area contributed by atoms with Crippen LogP contribution >= 0.6 is 23.2 Å². The highest BCUT2D eigenvalue weighted by atomic mass is 35.5. The fourth-order valence-electron chi connectivity index (χ4n) is 4.15. The first-order valence-corrected chi connectivity index (χ1v) is 10.3. The SMILES string of the molecule is O=C1[C@@H]2[C@H](ON(c3ccccc3)[C@@H]2c2ccccc2O)C(=O)N1c1ccc(Cl)c(Cl)c1. The summed E-state index contributed by atoms with van der Waals surface area (Å²) in [5.41, 5.74) is 1.49. The largest absolute Gasteiger partial charge is 0.508 e. The first-order valence-electron chi connectivity index (χ1n) is 9.59. The number of carbonyl (C=O) groups is 2. The Morgan fingerprint density at radius 3 is 2.23 bits per heavy atom. The van der Waals surface area contributed by atoms with Gasteiger partial charge in [0.05, 0.1) is 27.5 Å². The van der Waals surface area contributed by atoms with Gasteiger partial charge < -0.3 is 5.11 Å². The summed E-state index contributed by atoms with van der Waals surface area (Å²) in [6.45, 7) is 0. The molecule has 0 aliphatic carbocycles. The van der Waals surface area contributed by atoms with Crippen LogP contribution in [0.5, 0.6) is 5.75 Å². The monoisotopic (exact) mass is 454 g/mol. The number of hydroxylamine groups is 1. The molecule has 31 heavy (non-hydrogen) atoms. The van der Waals surface area contributed by atoms with Gasteiger partial charge in [-0.2, -0.15) is 0 Å². The van der Waals surface area contributed by atoms with Gasteiger partial charge >= 0.3 is 0 Å². The number of rotatable bonds is 3. The van der Waals surface area contributed by atoms with E-state index in [1.807, 2.05) is 30.3 Å². The molecule has 3 aromatic rings. The van der Waals surface area contributed by atoms with E-state index in [-0.39, 0.29) is 10.8 Å². The minimum atomic E-state index is -1.04. The van der Waals surface area contributed by atoms with Crippen LogP contribution in [0.1, 0.15) is 11.6 Å². The maximum atomic E-state index is 13.5. The standard InChI is InChI=1S/C23H16Cl2N2O4/c24-16-11-10-14(12-17(16)25)26-22(29)19-20(15-8-4-5-9-18(15)28)27(31-21(19)23(26)30)13-6-2-1-3-7-13/h1-12,19-21,28H/t19-,20+,21-/m0/s1. The van der Waals surface area contributed by atoms with Gasteiger partial charge in [-0.25, -0.2) is 9.96 Å². The molecule has 6 nitrogen and oxygen atoms in total. The van der Waals surface area contributed by atoms with Gasteiger partial charge in [-0.1, -0.05) is 59.6 Å². The van der Waals surface area contributed by atoms with Crippen molar-refractivity contribution in [2.24, 2.45) is 5.92 Å². The quantitative estimate of drug-likeness (QED) is 0.578. The van der Waals surface area contributed by atoms with E-state index in [1.54, 1.807) is 30.3 Å². The predicted octanol–water partition coefficient (Wildman–Crippen LogP) is 4.75. The molecule has 0 unspecified atom stereocenters. The Hall–Kier alpha value is -3.06. The molecule has 0 bridgehead atoms. The van der Waals surface area contributed by atoms with Crippen molar-refractivity contribution in [3.8, 4) is 5.75 Å².